The Kier molecular flexibility index (Phi) is 5.20. The zero-order chi connectivity index (χ0) is 16.2. The van der Waals surface area contributed by atoms with E-state index in [1.165, 1.54) is 24.0 Å². The lowest BCUT2D eigenvalue weighted by Gasteiger charge is -1.98. The maximum atomic E-state index is 13.5. The lowest BCUT2D eigenvalue weighted by Crippen LogP contribution is -1.77. The molecule has 0 N–H and O–H groups in total. The van der Waals surface area contributed by atoms with Crippen molar-refractivity contribution < 1.29 is 8.81 Å². The van der Waals surface area contributed by atoms with Crippen LogP contribution in [0.1, 0.15) is 5.76 Å². The van der Waals surface area contributed by atoms with Gasteiger partial charge in [-0.05, 0) is 52.3 Å². The summed E-state index contributed by atoms with van der Waals surface area (Å²) >= 11 is 10.8. The Morgan fingerprint density at radius 3 is 2.61 bits per heavy atom. The number of aliphatic imine (C=N–C) groups is 1. The Hall–Kier alpha value is -1.56. The highest BCUT2D eigenvalue weighted by Crippen LogP contribution is 2.36. The second kappa shape index (κ2) is 7.34. The maximum Gasteiger partial charge on any atom is 0.179 e. The van der Waals surface area contributed by atoms with Gasteiger partial charge in [0, 0.05) is 16.0 Å². The topological polar surface area (TPSA) is 25.5 Å². The molecule has 0 saturated carbocycles. The first kappa shape index (κ1) is 16.3. The van der Waals surface area contributed by atoms with Gasteiger partial charge in [0.05, 0.1) is 16.4 Å². The highest BCUT2D eigenvalue weighted by Gasteiger charge is 2.10. The molecule has 0 unspecified atom stereocenters. The molecule has 2 aromatic carbocycles. The number of hydrogen-bond donors (Lipinski definition) is 0. The molecule has 0 bridgehead atoms. The summed E-state index contributed by atoms with van der Waals surface area (Å²) in [5, 5.41) is 1.38. The quantitative estimate of drug-likeness (QED) is 0.445. The van der Waals surface area contributed by atoms with Gasteiger partial charge in [0.2, 0.25) is 0 Å². The first-order chi connectivity index (χ1) is 11.1. The molecule has 0 aliphatic heterocycles. The van der Waals surface area contributed by atoms with Gasteiger partial charge in [0.25, 0.3) is 0 Å². The number of halogens is 3. The molecule has 2 nitrogen and oxygen atoms in total. The summed E-state index contributed by atoms with van der Waals surface area (Å²) in [7, 11) is 0. The van der Waals surface area contributed by atoms with E-state index in [1.54, 1.807) is 24.3 Å². The Bertz CT molecular complexity index is 848. The van der Waals surface area contributed by atoms with Crippen LogP contribution in [0.25, 0.3) is 0 Å². The Labute approximate surface area is 150 Å². The SMILES string of the molecule is Fc1ccccc1N=Cc1cc(Br)c(Sc2ccc(Cl)cc2)o1. The van der Waals surface area contributed by atoms with Crippen molar-refractivity contribution in [2.24, 2.45) is 4.99 Å². The molecule has 6 heteroatoms. The molecule has 0 spiro atoms. The van der Waals surface area contributed by atoms with Crippen molar-refractivity contribution in [3.8, 4) is 0 Å². The van der Waals surface area contributed by atoms with E-state index >= 15 is 0 Å². The molecule has 0 fully saturated rings. The molecule has 0 radical (unpaired) electrons. The summed E-state index contributed by atoms with van der Waals surface area (Å²) in [6.07, 6.45) is 1.50. The lowest BCUT2D eigenvalue weighted by molar-refractivity contribution is 0.466. The van der Waals surface area contributed by atoms with Crippen LogP contribution in [0.4, 0.5) is 10.1 Å². The second-order valence-electron chi connectivity index (χ2n) is 4.55. The van der Waals surface area contributed by atoms with Gasteiger partial charge in [-0.15, -0.1) is 0 Å². The molecule has 0 aliphatic rings. The van der Waals surface area contributed by atoms with Crippen LogP contribution in [-0.4, -0.2) is 6.21 Å². The maximum absolute atomic E-state index is 13.5. The summed E-state index contributed by atoms with van der Waals surface area (Å²) < 4.78 is 20.1. The number of para-hydroxylation sites is 1. The van der Waals surface area contributed by atoms with Gasteiger partial charge in [-0.1, -0.05) is 35.5 Å². The van der Waals surface area contributed by atoms with Crippen molar-refractivity contribution in [2.75, 3.05) is 0 Å². The molecule has 0 atom stereocenters. The van der Waals surface area contributed by atoms with Gasteiger partial charge in [-0.25, -0.2) is 9.38 Å². The average molecular weight is 411 g/mol. The largest absolute Gasteiger partial charge is 0.447 e. The van der Waals surface area contributed by atoms with E-state index in [4.69, 9.17) is 16.0 Å². The molecule has 1 aromatic heterocycles. The number of hydrogen-bond acceptors (Lipinski definition) is 3. The van der Waals surface area contributed by atoms with Crippen molar-refractivity contribution in [1.82, 2.24) is 0 Å². The third-order valence-corrected chi connectivity index (χ3v) is 4.98. The summed E-state index contributed by atoms with van der Waals surface area (Å²) in [4.78, 5) is 5.11. The third kappa shape index (κ3) is 4.25. The van der Waals surface area contributed by atoms with Crippen LogP contribution in [0.2, 0.25) is 5.02 Å². The fraction of sp³-hybridized carbons (Fsp3) is 0. The minimum atomic E-state index is -0.370. The summed E-state index contributed by atoms with van der Waals surface area (Å²) in [6, 6.07) is 15.6. The molecule has 116 valence electrons. The molecule has 3 rings (SSSR count). The summed E-state index contributed by atoms with van der Waals surface area (Å²) in [6.45, 7) is 0. The van der Waals surface area contributed by atoms with Crippen LogP contribution in [-0.2, 0) is 0 Å². The van der Waals surface area contributed by atoms with E-state index in [2.05, 4.69) is 20.9 Å². The molecule has 23 heavy (non-hydrogen) atoms. The number of rotatable bonds is 4. The fourth-order valence-corrected chi connectivity index (χ4v) is 3.26. The van der Waals surface area contributed by atoms with Gasteiger partial charge in [0.15, 0.2) is 5.09 Å². The van der Waals surface area contributed by atoms with Gasteiger partial charge in [0.1, 0.15) is 11.6 Å². The van der Waals surface area contributed by atoms with Crippen LogP contribution in [0, 0.1) is 5.82 Å². The van der Waals surface area contributed by atoms with E-state index in [1.807, 2.05) is 24.3 Å². The first-order valence-electron chi connectivity index (χ1n) is 6.63. The monoisotopic (exact) mass is 409 g/mol. The van der Waals surface area contributed by atoms with Crippen LogP contribution >= 0.6 is 39.3 Å². The van der Waals surface area contributed by atoms with E-state index < -0.39 is 0 Å². The molecule has 0 amide bonds. The third-order valence-electron chi connectivity index (χ3n) is 2.88. The molecular weight excluding hydrogens is 401 g/mol. The average Bonchev–Trinajstić information content (AvgIpc) is 2.89. The molecule has 0 saturated heterocycles. The molecule has 1 heterocycles. The summed E-state index contributed by atoms with van der Waals surface area (Å²) in [5.74, 6) is 0.168. The van der Waals surface area contributed by atoms with Gasteiger partial charge in [-0.2, -0.15) is 0 Å². The minimum absolute atomic E-state index is 0.270. The molecular formula is C17H10BrClFNOS. The van der Waals surface area contributed by atoms with Gasteiger partial charge >= 0.3 is 0 Å². The van der Waals surface area contributed by atoms with Crippen LogP contribution in [0.5, 0.6) is 0 Å². The smallest absolute Gasteiger partial charge is 0.179 e. The highest BCUT2D eigenvalue weighted by atomic mass is 79.9. The van der Waals surface area contributed by atoms with Crippen molar-refractivity contribution in [2.45, 2.75) is 9.99 Å². The van der Waals surface area contributed by atoms with Gasteiger partial charge in [-0.3, -0.25) is 0 Å². The van der Waals surface area contributed by atoms with E-state index in [0.717, 1.165) is 9.37 Å². The Balaban J connectivity index is 1.78. The van der Waals surface area contributed by atoms with E-state index in [9.17, 15) is 4.39 Å². The molecule has 3 aromatic rings. The Morgan fingerprint density at radius 1 is 1.13 bits per heavy atom. The fourth-order valence-electron chi connectivity index (χ4n) is 1.80. The number of furan rings is 1. The van der Waals surface area contributed by atoms with Crippen molar-refractivity contribution >= 4 is 51.2 Å². The van der Waals surface area contributed by atoms with E-state index in [-0.39, 0.29) is 11.5 Å². The summed E-state index contributed by atoms with van der Waals surface area (Å²) in [5.41, 5.74) is 0.270. The zero-order valence-corrected chi connectivity index (χ0v) is 14.8. The molecule has 0 aliphatic carbocycles. The van der Waals surface area contributed by atoms with Crippen LogP contribution < -0.4 is 0 Å². The van der Waals surface area contributed by atoms with Crippen molar-refractivity contribution in [3.05, 3.63) is 75.7 Å². The predicted molar refractivity (Wildman–Crippen MR) is 95.6 cm³/mol. The highest BCUT2D eigenvalue weighted by molar-refractivity contribution is 9.10. The Morgan fingerprint density at radius 2 is 1.87 bits per heavy atom. The first-order valence-corrected chi connectivity index (χ1v) is 8.62. The second-order valence-corrected chi connectivity index (χ2v) is 6.89. The predicted octanol–water partition coefficient (Wildman–Crippen LogP) is 6.74. The number of nitrogens with zero attached hydrogens (tertiary/aromatic N) is 1. The van der Waals surface area contributed by atoms with Crippen molar-refractivity contribution in [1.29, 1.82) is 0 Å². The standard InChI is InChI=1S/C17H10BrClFNOS/c18-14-9-12(10-21-16-4-2-1-3-15(16)20)22-17(14)23-13-7-5-11(19)6-8-13/h1-10H. The lowest BCUT2D eigenvalue weighted by atomic mass is 10.3. The normalized spacial score (nSPS) is 11.3. The van der Waals surface area contributed by atoms with Gasteiger partial charge < -0.3 is 4.42 Å². The van der Waals surface area contributed by atoms with Crippen molar-refractivity contribution in [3.63, 3.8) is 0 Å². The number of benzene rings is 2. The van der Waals surface area contributed by atoms with Crippen LogP contribution in [0.3, 0.4) is 0 Å². The van der Waals surface area contributed by atoms with E-state index in [0.29, 0.717) is 15.9 Å². The zero-order valence-electron chi connectivity index (χ0n) is 11.7. The van der Waals surface area contributed by atoms with Crippen LogP contribution in [0.15, 0.2) is 78.5 Å². The minimum Gasteiger partial charge on any atom is -0.447 e.